The van der Waals surface area contributed by atoms with Crippen LogP contribution < -0.4 is 9.13 Å². The number of benzene rings is 2. The first kappa shape index (κ1) is 27.2. The van der Waals surface area contributed by atoms with Gasteiger partial charge in [-0.15, -0.1) is 0 Å². The third-order valence-electron chi connectivity index (χ3n) is 9.31. The minimum atomic E-state index is 0.274. The summed E-state index contributed by atoms with van der Waals surface area (Å²) in [5.74, 6) is 1.11. The highest BCUT2D eigenvalue weighted by Crippen LogP contribution is 2.44. The number of fused-ring (bicyclic) bond motifs is 7. The third kappa shape index (κ3) is 4.72. The van der Waals surface area contributed by atoms with Crippen LogP contribution in [0.15, 0.2) is 91.5 Å². The van der Waals surface area contributed by atoms with Crippen LogP contribution in [-0.4, -0.2) is 5.11 Å². The SMILES string of the molecule is C=C1CC2C(CCC/C(=C(\C)O)c3cc(-c4c(C)cccc4C)c(C(C)C)c[n+]31)c1ccccc1-c1cccc[n+]12. The number of aromatic nitrogens is 2. The fourth-order valence-electron chi connectivity index (χ4n) is 7.33. The van der Waals surface area contributed by atoms with E-state index in [4.69, 9.17) is 6.58 Å². The smallest absolute Gasteiger partial charge is 0.218 e. The van der Waals surface area contributed by atoms with Crippen LogP contribution in [0, 0.1) is 13.8 Å². The topological polar surface area (TPSA) is 28.0 Å². The molecule has 2 atom stereocenters. The highest BCUT2D eigenvalue weighted by atomic mass is 16.3. The summed E-state index contributed by atoms with van der Waals surface area (Å²) in [7, 11) is 0. The summed E-state index contributed by atoms with van der Waals surface area (Å²) in [6.45, 7) is 15.5. The van der Waals surface area contributed by atoms with Crippen molar-refractivity contribution in [3.63, 3.8) is 0 Å². The number of hydrogen-bond donors (Lipinski definition) is 1. The molecule has 3 heteroatoms. The minimum Gasteiger partial charge on any atom is -0.512 e. The quantitative estimate of drug-likeness (QED) is 0.199. The van der Waals surface area contributed by atoms with Gasteiger partial charge in [0.25, 0.3) is 0 Å². The van der Waals surface area contributed by atoms with Crippen LogP contribution in [0.1, 0.15) is 92.3 Å². The summed E-state index contributed by atoms with van der Waals surface area (Å²) in [6, 6.07) is 24.6. The van der Waals surface area contributed by atoms with Gasteiger partial charge in [0.1, 0.15) is 0 Å². The van der Waals surface area contributed by atoms with Gasteiger partial charge in [-0.2, -0.15) is 9.13 Å². The van der Waals surface area contributed by atoms with E-state index in [1.54, 1.807) is 0 Å². The molecule has 2 aliphatic heterocycles. The fourth-order valence-corrected chi connectivity index (χ4v) is 7.33. The Morgan fingerprint density at radius 1 is 0.927 bits per heavy atom. The number of aliphatic hydroxyl groups is 1. The van der Waals surface area contributed by atoms with Gasteiger partial charge in [-0.3, -0.25) is 0 Å². The summed E-state index contributed by atoms with van der Waals surface area (Å²) < 4.78 is 4.79. The highest BCUT2D eigenvalue weighted by molar-refractivity contribution is 5.77. The molecule has 208 valence electrons. The van der Waals surface area contributed by atoms with E-state index in [9.17, 15) is 5.11 Å². The second-order valence-corrected chi connectivity index (χ2v) is 12.3. The van der Waals surface area contributed by atoms with Crippen molar-refractivity contribution in [2.75, 3.05) is 0 Å². The Balaban J connectivity index is 1.57. The van der Waals surface area contributed by atoms with Gasteiger partial charge in [0.05, 0.1) is 17.8 Å². The van der Waals surface area contributed by atoms with Crippen LogP contribution in [0.3, 0.4) is 0 Å². The number of aliphatic hydroxyl groups excluding tert-OH is 1. The van der Waals surface area contributed by atoms with Crippen molar-refractivity contribution in [3.05, 3.63) is 119 Å². The maximum absolute atomic E-state index is 11.1. The van der Waals surface area contributed by atoms with Gasteiger partial charge in [-0.05, 0) is 92.5 Å². The first-order valence-corrected chi connectivity index (χ1v) is 15.1. The van der Waals surface area contributed by atoms with Gasteiger partial charge in [0.2, 0.25) is 11.4 Å². The molecule has 2 aromatic carbocycles. The van der Waals surface area contributed by atoms with E-state index < -0.39 is 0 Å². The number of hydrogen-bond acceptors (Lipinski definition) is 1. The lowest BCUT2D eigenvalue weighted by Gasteiger charge is -2.31. The maximum atomic E-state index is 11.1. The summed E-state index contributed by atoms with van der Waals surface area (Å²) in [5, 5.41) is 11.1. The molecule has 0 fully saturated rings. The Bertz CT molecular complexity index is 1670. The molecule has 2 unspecified atom stereocenters. The van der Waals surface area contributed by atoms with Gasteiger partial charge in [0.15, 0.2) is 24.1 Å². The molecule has 2 aromatic heterocycles. The molecule has 4 aromatic rings. The van der Waals surface area contributed by atoms with Crippen LogP contribution in [-0.2, 0) is 0 Å². The molecular weight excluding hydrogens is 500 g/mol. The number of aryl methyl sites for hydroxylation is 2. The van der Waals surface area contributed by atoms with Gasteiger partial charge in [-0.25, -0.2) is 0 Å². The van der Waals surface area contributed by atoms with Gasteiger partial charge >= 0.3 is 0 Å². The van der Waals surface area contributed by atoms with Crippen LogP contribution in [0.5, 0.6) is 0 Å². The molecule has 0 radical (unpaired) electrons. The monoisotopic (exact) mass is 542 g/mol. The Morgan fingerprint density at radius 3 is 2.39 bits per heavy atom. The Hall–Kier alpha value is -3.98. The first-order valence-electron chi connectivity index (χ1n) is 15.1. The molecule has 0 saturated carbocycles. The van der Waals surface area contributed by atoms with Crippen LogP contribution in [0.4, 0.5) is 0 Å². The van der Waals surface area contributed by atoms with Crippen molar-refractivity contribution < 1.29 is 14.2 Å². The molecule has 0 amide bonds. The zero-order valence-electron chi connectivity index (χ0n) is 25.1. The molecule has 6 rings (SSSR count). The van der Waals surface area contributed by atoms with Gasteiger partial charge < -0.3 is 5.11 Å². The normalized spacial score (nSPS) is 19.6. The van der Waals surface area contributed by atoms with Crippen molar-refractivity contribution in [2.45, 2.75) is 78.2 Å². The lowest BCUT2D eigenvalue weighted by Crippen LogP contribution is -2.49. The van der Waals surface area contributed by atoms with E-state index in [1.165, 1.54) is 44.6 Å². The first-order chi connectivity index (χ1) is 19.8. The molecule has 0 bridgehead atoms. The average molecular weight is 543 g/mol. The van der Waals surface area contributed by atoms with Crippen molar-refractivity contribution in [1.29, 1.82) is 0 Å². The Labute approximate surface area is 245 Å². The van der Waals surface area contributed by atoms with Crippen molar-refractivity contribution in [3.8, 4) is 22.4 Å². The Kier molecular flexibility index (Phi) is 7.15. The molecular formula is C38H42N2O+2. The zero-order valence-corrected chi connectivity index (χ0v) is 25.1. The maximum Gasteiger partial charge on any atom is 0.218 e. The predicted octanol–water partition coefficient (Wildman–Crippen LogP) is 9.01. The van der Waals surface area contributed by atoms with Crippen LogP contribution in [0.25, 0.3) is 33.7 Å². The molecule has 0 aliphatic carbocycles. The number of pyridine rings is 2. The van der Waals surface area contributed by atoms with E-state index in [0.29, 0.717) is 17.6 Å². The zero-order chi connectivity index (χ0) is 28.8. The van der Waals surface area contributed by atoms with E-state index in [0.717, 1.165) is 42.6 Å². The third-order valence-corrected chi connectivity index (χ3v) is 9.31. The number of nitrogens with zero attached hydrogens (tertiary/aromatic N) is 2. The summed E-state index contributed by atoms with van der Waals surface area (Å²) >= 11 is 0. The molecule has 2 aliphatic rings. The summed E-state index contributed by atoms with van der Waals surface area (Å²) in [6.07, 6.45) is 8.28. The minimum absolute atomic E-state index is 0.274. The lowest BCUT2D eigenvalue weighted by atomic mass is 9.77. The second kappa shape index (κ2) is 10.8. The second-order valence-electron chi connectivity index (χ2n) is 12.3. The number of rotatable bonds is 2. The fraction of sp³-hybridized carbons (Fsp3) is 0.316. The van der Waals surface area contributed by atoms with Crippen LogP contribution >= 0.6 is 0 Å². The number of allylic oxidation sites excluding steroid dienone is 3. The molecule has 3 nitrogen and oxygen atoms in total. The van der Waals surface area contributed by atoms with E-state index >= 15 is 0 Å². The van der Waals surface area contributed by atoms with Crippen LogP contribution in [0.2, 0.25) is 0 Å². The van der Waals surface area contributed by atoms with E-state index in [-0.39, 0.29) is 6.04 Å². The van der Waals surface area contributed by atoms with Crippen molar-refractivity contribution in [2.24, 2.45) is 0 Å². The predicted molar refractivity (Wildman–Crippen MR) is 169 cm³/mol. The van der Waals surface area contributed by atoms with E-state index in [2.05, 4.69) is 116 Å². The Morgan fingerprint density at radius 2 is 1.66 bits per heavy atom. The van der Waals surface area contributed by atoms with Gasteiger partial charge in [0, 0.05) is 35.2 Å². The molecule has 4 heterocycles. The van der Waals surface area contributed by atoms with Crippen molar-refractivity contribution in [1.82, 2.24) is 0 Å². The molecule has 41 heavy (non-hydrogen) atoms. The molecule has 1 N–H and O–H groups in total. The summed E-state index contributed by atoms with van der Waals surface area (Å²) in [4.78, 5) is 0. The lowest BCUT2D eigenvalue weighted by molar-refractivity contribution is -0.720. The van der Waals surface area contributed by atoms with Crippen molar-refractivity contribution >= 4 is 11.3 Å². The largest absolute Gasteiger partial charge is 0.512 e. The molecule has 0 saturated heterocycles. The van der Waals surface area contributed by atoms with Gasteiger partial charge in [-0.1, -0.05) is 50.2 Å². The van der Waals surface area contributed by atoms with E-state index in [1.807, 2.05) is 6.92 Å². The average Bonchev–Trinajstić information content (AvgIpc) is 2.95. The highest BCUT2D eigenvalue weighted by Gasteiger charge is 2.42. The standard InChI is InChI=1S/C38H41N2O/c1-24(2)34-23-40-27(5)21-36-32(30-15-7-8-16-31(30)35-19-9-10-20-39(35)36)18-12-17-29(28(6)41)37(40)22-33(34)38-25(3)13-11-14-26(38)4/h7-11,13-16,19-20,22-24,32,36H,5,12,17-18,21H2,1-4,6H3/q+1/p+1. The summed E-state index contributed by atoms with van der Waals surface area (Å²) in [5.41, 5.74) is 13.6. The molecule has 0 spiro atoms.